The molecule has 0 spiro atoms. The van der Waals surface area contributed by atoms with Crippen LogP contribution in [-0.4, -0.2) is 41.1 Å². The predicted octanol–water partition coefficient (Wildman–Crippen LogP) is 5.65. The summed E-state index contributed by atoms with van der Waals surface area (Å²) in [6.07, 6.45) is 0. The van der Waals surface area contributed by atoms with E-state index in [1.54, 1.807) is 13.0 Å². The lowest BCUT2D eigenvalue weighted by molar-refractivity contribution is -0.131. The fourth-order valence-electron chi connectivity index (χ4n) is 3.80. The Labute approximate surface area is 197 Å². The highest BCUT2D eigenvalue weighted by Gasteiger charge is 2.27. The molecule has 0 radical (unpaired) electrons. The summed E-state index contributed by atoms with van der Waals surface area (Å²) in [6, 6.07) is 11.8. The van der Waals surface area contributed by atoms with Gasteiger partial charge < -0.3 is 14.0 Å². The molecule has 0 aliphatic carbocycles. The number of benzene rings is 2. The van der Waals surface area contributed by atoms with Gasteiger partial charge in [-0.25, -0.2) is 4.79 Å². The van der Waals surface area contributed by atoms with Crippen molar-refractivity contribution in [3.63, 3.8) is 0 Å². The van der Waals surface area contributed by atoms with Crippen molar-refractivity contribution >= 4 is 38.8 Å². The van der Waals surface area contributed by atoms with Crippen LogP contribution in [-0.2, 0) is 16.1 Å². The summed E-state index contributed by atoms with van der Waals surface area (Å²) in [6.45, 7) is 11.9. The van der Waals surface area contributed by atoms with Gasteiger partial charge in [-0.05, 0) is 67.1 Å². The number of hydrogen-bond acceptors (Lipinski definition) is 5. The second kappa shape index (κ2) is 10.3. The van der Waals surface area contributed by atoms with Crippen molar-refractivity contribution in [3.8, 4) is 11.4 Å². The number of ether oxygens (including phenoxy) is 2. The molecule has 0 fully saturated rings. The third-order valence-electron chi connectivity index (χ3n) is 5.41. The number of aromatic nitrogens is 1. The Morgan fingerprint density at radius 2 is 1.72 bits per heavy atom. The van der Waals surface area contributed by atoms with Crippen LogP contribution in [0.1, 0.15) is 49.3 Å². The molecule has 0 aliphatic heterocycles. The molecule has 7 heteroatoms. The van der Waals surface area contributed by atoms with Gasteiger partial charge in [0.25, 0.3) is 0 Å². The molecule has 1 heterocycles. The third kappa shape index (κ3) is 4.89. The average molecular weight is 501 g/mol. The van der Waals surface area contributed by atoms with Gasteiger partial charge in [0.1, 0.15) is 5.75 Å². The average Bonchev–Trinajstić information content (AvgIpc) is 3.05. The monoisotopic (exact) mass is 500 g/mol. The first-order valence-corrected chi connectivity index (χ1v) is 11.6. The SMILES string of the molecule is CCOC(=O)c1c(CN(CC)CC)n(-c2ccc(C)cc2)c2cc(Br)c(OC(C)=O)cc12. The lowest BCUT2D eigenvalue weighted by Gasteiger charge is -2.21. The Morgan fingerprint density at radius 3 is 2.28 bits per heavy atom. The maximum atomic E-state index is 13.2. The molecule has 3 aromatic rings. The minimum Gasteiger partial charge on any atom is -0.462 e. The van der Waals surface area contributed by atoms with E-state index in [2.05, 4.69) is 51.4 Å². The van der Waals surface area contributed by atoms with Crippen molar-refractivity contribution in [2.24, 2.45) is 0 Å². The van der Waals surface area contributed by atoms with Gasteiger partial charge >= 0.3 is 11.9 Å². The summed E-state index contributed by atoms with van der Waals surface area (Å²) in [7, 11) is 0. The highest BCUT2D eigenvalue weighted by Crippen LogP contribution is 2.38. The zero-order chi connectivity index (χ0) is 23.4. The molecule has 0 saturated heterocycles. The lowest BCUT2D eigenvalue weighted by Crippen LogP contribution is -2.25. The van der Waals surface area contributed by atoms with Crippen LogP contribution in [0.15, 0.2) is 40.9 Å². The van der Waals surface area contributed by atoms with Crippen molar-refractivity contribution in [2.45, 2.75) is 41.2 Å². The number of nitrogens with zero attached hydrogens (tertiary/aromatic N) is 2. The summed E-state index contributed by atoms with van der Waals surface area (Å²) in [5.41, 5.74) is 4.28. The number of esters is 2. The van der Waals surface area contributed by atoms with Crippen LogP contribution in [0.4, 0.5) is 0 Å². The number of rotatable bonds is 8. The molecule has 3 rings (SSSR count). The first-order valence-electron chi connectivity index (χ1n) is 10.8. The van der Waals surface area contributed by atoms with Gasteiger partial charge in [-0.3, -0.25) is 9.69 Å². The van der Waals surface area contributed by atoms with Gasteiger partial charge in [-0.2, -0.15) is 0 Å². The minimum atomic E-state index is -0.427. The molecule has 0 N–H and O–H groups in total. The quantitative estimate of drug-likeness (QED) is 0.295. The second-order valence-electron chi connectivity index (χ2n) is 7.57. The molecule has 32 heavy (non-hydrogen) atoms. The van der Waals surface area contributed by atoms with Crippen LogP contribution in [0.3, 0.4) is 0 Å². The molecular weight excluding hydrogens is 472 g/mol. The number of halogens is 1. The molecular formula is C25H29BrN2O4. The third-order valence-corrected chi connectivity index (χ3v) is 6.03. The summed E-state index contributed by atoms with van der Waals surface area (Å²) in [5.74, 6) is -0.448. The summed E-state index contributed by atoms with van der Waals surface area (Å²) < 4.78 is 13.6. The van der Waals surface area contributed by atoms with Crippen molar-refractivity contribution < 1.29 is 19.1 Å². The zero-order valence-corrected chi connectivity index (χ0v) is 20.8. The molecule has 2 aromatic carbocycles. The Balaban J connectivity index is 2.40. The Morgan fingerprint density at radius 1 is 1.06 bits per heavy atom. The van der Waals surface area contributed by atoms with Crippen LogP contribution in [0.5, 0.6) is 5.75 Å². The van der Waals surface area contributed by atoms with Gasteiger partial charge in [0.05, 0.1) is 27.9 Å². The molecule has 1 aromatic heterocycles. The standard InChI is InChI=1S/C25H29BrN2O4/c1-6-27(7-2)15-22-24(25(30)31-8-3)19-13-23(32-17(5)29)20(26)14-21(19)28(22)18-11-9-16(4)10-12-18/h9-14H,6-8,15H2,1-5H3. The van der Waals surface area contributed by atoms with Gasteiger partial charge in [0.2, 0.25) is 0 Å². The molecule has 6 nitrogen and oxygen atoms in total. The van der Waals surface area contributed by atoms with Crippen LogP contribution in [0.25, 0.3) is 16.6 Å². The van der Waals surface area contributed by atoms with E-state index in [0.717, 1.165) is 35.6 Å². The van der Waals surface area contributed by atoms with Crippen LogP contribution < -0.4 is 4.74 Å². The normalized spacial score (nSPS) is 11.2. The summed E-state index contributed by atoms with van der Waals surface area (Å²) in [5, 5.41) is 0.686. The van der Waals surface area contributed by atoms with E-state index < -0.39 is 5.97 Å². The number of fused-ring (bicyclic) bond motifs is 1. The van der Waals surface area contributed by atoms with E-state index in [1.165, 1.54) is 6.92 Å². The number of carbonyl (C=O) groups excluding carboxylic acids is 2. The van der Waals surface area contributed by atoms with Gasteiger partial charge in [-0.15, -0.1) is 0 Å². The highest BCUT2D eigenvalue weighted by atomic mass is 79.9. The van der Waals surface area contributed by atoms with E-state index >= 15 is 0 Å². The Kier molecular flexibility index (Phi) is 7.74. The van der Waals surface area contributed by atoms with Gasteiger partial charge in [0, 0.05) is 24.5 Å². The Hall–Kier alpha value is -2.64. The fraction of sp³-hybridized carbons (Fsp3) is 0.360. The van der Waals surface area contributed by atoms with E-state index in [9.17, 15) is 9.59 Å². The number of hydrogen-bond donors (Lipinski definition) is 0. The minimum absolute atomic E-state index is 0.272. The smallest absolute Gasteiger partial charge is 0.340 e. The molecule has 0 saturated carbocycles. The largest absolute Gasteiger partial charge is 0.462 e. The van der Waals surface area contributed by atoms with Crippen molar-refractivity contribution in [2.75, 3.05) is 19.7 Å². The summed E-state index contributed by atoms with van der Waals surface area (Å²) >= 11 is 3.53. The maximum Gasteiger partial charge on any atom is 0.340 e. The number of carbonyl (C=O) groups is 2. The van der Waals surface area contributed by atoms with Crippen LogP contribution in [0, 0.1) is 6.92 Å². The highest BCUT2D eigenvalue weighted by molar-refractivity contribution is 9.10. The molecule has 0 atom stereocenters. The van der Waals surface area contributed by atoms with Gasteiger partial charge in [0.15, 0.2) is 0 Å². The molecule has 0 amide bonds. The first-order chi connectivity index (χ1) is 15.3. The zero-order valence-electron chi connectivity index (χ0n) is 19.2. The van der Waals surface area contributed by atoms with Crippen molar-refractivity contribution in [1.29, 1.82) is 0 Å². The lowest BCUT2D eigenvalue weighted by atomic mass is 10.1. The predicted molar refractivity (Wildman–Crippen MR) is 130 cm³/mol. The molecule has 0 aliphatic rings. The number of aryl methyl sites for hydroxylation is 1. The first kappa shape index (κ1) is 24.0. The van der Waals surface area contributed by atoms with E-state index in [1.807, 2.05) is 25.1 Å². The molecule has 170 valence electrons. The summed E-state index contributed by atoms with van der Waals surface area (Å²) in [4.78, 5) is 27.1. The Bertz CT molecular complexity index is 1130. The topological polar surface area (TPSA) is 60.8 Å². The molecule has 0 unspecified atom stereocenters. The van der Waals surface area contributed by atoms with Crippen LogP contribution in [0.2, 0.25) is 0 Å². The second-order valence-corrected chi connectivity index (χ2v) is 8.42. The van der Waals surface area contributed by atoms with E-state index in [-0.39, 0.29) is 12.6 Å². The maximum absolute atomic E-state index is 13.2. The van der Waals surface area contributed by atoms with Crippen LogP contribution >= 0.6 is 15.9 Å². The van der Waals surface area contributed by atoms with Crippen molar-refractivity contribution in [3.05, 3.63) is 57.7 Å². The van der Waals surface area contributed by atoms with Gasteiger partial charge in [-0.1, -0.05) is 31.5 Å². The molecule has 0 bridgehead atoms. The van der Waals surface area contributed by atoms with E-state index in [0.29, 0.717) is 27.7 Å². The fourth-order valence-corrected chi connectivity index (χ4v) is 4.21. The van der Waals surface area contributed by atoms with E-state index in [4.69, 9.17) is 9.47 Å². The van der Waals surface area contributed by atoms with Crippen molar-refractivity contribution in [1.82, 2.24) is 9.47 Å².